The summed E-state index contributed by atoms with van der Waals surface area (Å²) in [6.07, 6.45) is 42.5. The van der Waals surface area contributed by atoms with Gasteiger partial charge in [0.15, 0.2) is 0 Å². The summed E-state index contributed by atoms with van der Waals surface area (Å²) in [7, 11) is -4.38. The van der Waals surface area contributed by atoms with Crippen LogP contribution >= 0.6 is 7.82 Å². The van der Waals surface area contributed by atoms with E-state index in [0.717, 1.165) is 44.9 Å². The van der Waals surface area contributed by atoms with Crippen molar-refractivity contribution in [2.45, 2.75) is 250 Å². The summed E-state index contributed by atoms with van der Waals surface area (Å²) in [5.41, 5.74) is 5.38. The number of phosphoric ester groups is 1. The molecule has 0 saturated heterocycles. The van der Waals surface area contributed by atoms with E-state index in [1.54, 1.807) is 0 Å². The molecule has 10 heteroatoms. The topological polar surface area (TPSA) is 151 Å². The average molecular weight is 803 g/mol. The number of amides is 1. The van der Waals surface area contributed by atoms with Gasteiger partial charge in [0, 0.05) is 6.54 Å². The molecule has 4 atom stereocenters. The van der Waals surface area contributed by atoms with E-state index in [0.29, 0.717) is 12.8 Å². The number of rotatable bonds is 44. The first-order chi connectivity index (χ1) is 26.8. The van der Waals surface area contributed by atoms with Crippen LogP contribution in [0, 0.1) is 0 Å². The summed E-state index contributed by atoms with van der Waals surface area (Å²) < 4.78 is 22.2. The zero-order chi connectivity index (χ0) is 40.5. The fraction of sp³-hybridized carbons (Fsp3) is 0.933. The van der Waals surface area contributed by atoms with E-state index in [-0.39, 0.29) is 26.2 Å². The molecule has 0 heterocycles. The highest BCUT2D eigenvalue weighted by atomic mass is 31.2. The van der Waals surface area contributed by atoms with Gasteiger partial charge in [-0.1, -0.05) is 199 Å². The molecule has 1 amide bonds. The number of unbranched alkanes of at least 4 members (excludes halogenated alkanes) is 28. The Balaban J connectivity index is 4.22. The van der Waals surface area contributed by atoms with Gasteiger partial charge >= 0.3 is 7.82 Å². The van der Waals surface area contributed by atoms with Crippen LogP contribution in [0.15, 0.2) is 12.2 Å². The molecule has 0 aliphatic heterocycles. The molecule has 0 radical (unpaired) electrons. The Bertz CT molecular complexity index is 893. The van der Waals surface area contributed by atoms with Crippen molar-refractivity contribution >= 4 is 13.7 Å². The summed E-state index contributed by atoms with van der Waals surface area (Å²) >= 11 is 0. The molecule has 0 bridgehead atoms. The van der Waals surface area contributed by atoms with E-state index >= 15 is 0 Å². The molecule has 0 aromatic heterocycles. The Hall–Kier alpha value is -0.800. The molecule has 0 aromatic rings. The second kappa shape index (κ2) is 41.4. The lowest BCUT2D eigenvalue weighted by Crippen LogP contribution is -2.47. The van der Waals surface area contributed by atoms with Crippen molar-refractivity contribution in [1.29, 1.82) is 0 Å². The first-order valence-electron chi connectivity index (χ1n) is 23.4. The number of hydrogen-bond acceptors (Lipinski definition) is 7. The molecule has 0 aromatic carbocycles. The highest BCUT2D eigenvalue weighted by Gasteiger charge is 2.28. The number of phosphoric acid groups is 1. The Kier molecular flexibility index (Phi) is 40.8. The van der Waals surface area contributed by atoms with Crippen molar-refractivity contribution in [2.24, 2.45) is 5.73 Å². The summed E-state index contributed by atoms with van der Waals surface area (Å²) in [4.78, 5) is 22.8. The molecule has 6 N–H and O–H groups in total. The third-order valence-corrected chi connectivity index (χ3v) is 11.7. The average Bonchev–Trinajstić information content (AvgIpc) is 3.16. The van der Waals surface area contributed by atoms with Crippen LogP contribution in [0.2, 0.25) is 0 Å². The van der Waals surface area contributed by atoms with E-state index in [1.165, 1.54) is 154 Å². The molecule has 328 valence electrons. The molecule has 0 spiro atoms. The lowest BCUT2D eigenvalue weighted by Gasteiger charge is -2.25. The molecular weight excluding hydrogens is 711 g/mol. The summed E-state index contributed by atoms with van der Waals surface area (Å²) in [6.45, 7) is 4.06. The number of allylic oxidation sites excluding steroid dienone is 2. The third kappa shape index (κ3) is 39.8. The maximum atomic E-state index is 12.8. The Labute approximate surface area is 339 Å². The Morgan fingerprint density at radius 3 is 1.40 bits per heavy atom. The zero-order valence-corrected chi connectivity index (χ0v) is 36.9. The number of nitrogens with two attached hydrogens (primary N) is 1. The van der Waals surface area contributed by atoms with Gasteiger partial charge in [0.25, 0.3) is 0 Å². The van der Waals surface area contributed by atoms with Crippen molar-refractivity contribution in [3.63, 3.8) is 0 Å². The number of carbonyl (C=O) groups excluding carboxylic acids is 1. The van der Waals surface area contributed by atoms with E-state index in [1.807, 2.05) is 0 Å². The largest absolute Gasteiger partial charge is 0.472 e. The standard InChI is InChI=1S/C45H91N2O7P/c1-3-5-7-9-11-13-15-17-19-21-22-24-26-28-30-32-34-36-42(48)40-45(50)47-43(41-54-55(51,52)53-39-38-46)44(49)37-35-33-31-29-27-25-23-20-18-16-14-12-10-8-6-4-2/h21-22,42-44,48-49H,3-20,23-41,46H2,1-2H3,(H,47,50)(H,51,52)/b22-21-. The minimum atomic E-state index is -4.38. The van der Waals surface area contributed by atoms with Crippen molar-refractivity contribution < 1.29 is 33.5 Å². The van der Waals surface area contributed by atoms with Crippen molar-refractivity contribution in [2.75, 3.05) is 19.8 Å². The predicted octanol–water partition coefficient (Wildman–Crippen LogP) is 12.1. The lowest BCUT2D eigenvalue weighted by molar-refractivity contribution is -0.125. The Morgan fingerprint density at radius 2 is 0.982 bits per heavy atom. The quantitative estimate of drug-likeness (QED) is 0.0232. The first-order valence-corrected chi connectivity index (χ1v) is 24.9. The van der Waals surface area contributed by atoms with Gasteiger partial charge in [-0.15, -0.1) is 0 Å². The zero-order valence-electron chi connectivity index (χ0n) is 36.0. The monoisotopic (exact) mass is 803 g/mol. The van der Waals surface area contributed by atoms with E-state index < -0.39 is 32.0 Å². The fourth-order valence-electron chi connectivity index (χ4n) is 7.12. The van der Waals surface area contributed by atoms with Crippen LogP contribution in [0.3, 0.4) is 0 Å². The van der Waals surface area contributed by atoms with Crippen LogP contribution in [0.25, 0.3) is 0 Å². The minimum Gasteiger partial charge on any atom is -0.393 e. The van der Waals surface area contributed by atoms with Crippen LogP contribution in [0.1, 0.15) is 232 Å². The van der Waals surface area contributed by atoms with Crippen LogP contribution < -0.4 is 11.1 Å². The van der Waals surface area contributed by atoms with Crippen LogP contribution in [-0.2, 0) is 18.4 Å². The summed E-state index contributed by atoms with van der Waals surface area (Å²) in [5.74, 6) is -0.415. The summed E-state index contributed by atoms with van der Waals surface area (Å²) in [5, 5.41) is 24.2. The molecule has 0 fully saturated rings. The van der Waals surface area contributed by atoms with Crippen molar-refractivity contribution in [3.8, 4) is 0 Å². The van der Waals surface area contributed by atoms with Crippen LogP contribution in [-0.4, -0.2) is 59.0 Å². The molecule has 0 rings (SSSR count). The number of aliphatic hydroxyl groups excluding tert-OH is 2. The van der Waals surface area contributed by atoms with Crippen molar-refractivity contribution in [1.82, 2.24) is 5.32 Å². The normalized spacial score (nSPS) is 14.7. The van der Waals surface area contributed by atoms with Gasteiger partial charge < -0.3 is 26.2 Å². The molecule has 0 saturated carbocycles. The SMILES string of the molecule is CCCCCCCCCC/C=C\CCCCCCCC(O)CC(=O)NC(COP(=O)(O)OCCN)C(O)CCCCCCCCCCCCCCCCCC. The number of carbonyl (C=O) groups is 1. The second-order valence-electron chi connectivity index (χ2n) is 16.2. The smallest absolute Gasteiger partial charge is 0.393 e. The van der Waals surface area contributed by atoms with Gasteiger partial charge in [-0.3, -0.25) is 13.8 Å². The van der Waals surface area contributed by atoms with Gasteiger partial charge in [0.2, 0.25) is 5.91 Å². The summed E-state index contributed by atoms with van der Waals surface area (Å²) in [6, 6.07) is -0.896. The lowest BCUT2D eigenvalue weighted by atomic mass is 10.0. The Morgan fingerprint density at radius 1 is 0.600 bits per heavy atom. The molecular formula is C45H91N2O7P. The molecule has 4 unspecified atom stereocenters. The third-order valence-electron chi connectivity index (χ3n) is 10.7. The predicted molar refractivity (Wildman–Crippen MR) is 232 cm³/mol. The van der Waals surface area contributed by atoms with E-state index in [2.05, 4.69) is 31.3 Å². The maximum absolute atomic E-state index is 12.8. The minimum absolute atomic E-state index is 0.0601. The number of nitrogens with one attached hydrogen (secondary N) is 1. The second-order valence-corrected chi connectivity index (χ2v) is 17.6. The molecule has 0 aliphatic carbocycles. The van der Waals surface area contributed by atoms with Crippen LogP contribution in [0.5, 0.6) is 0 Å². The van der Waals surface area contributed by atoms with Crippen LogP contribution in [0.4, 0.5) is 0 Å². The van der Waals surface area contributed by atoms with E-state index in [4.69, 9.17) is 14.8 Å². The van der Waals surface area contributed by atoms with E-state index in [9.17, 15) is 24.5 Å². The molecule has 55 heavy (non-hydrogen) atoms. The molecule has 9 nitrogen and oxygen atoms in total. The molecule has 0 aliphatic rings. The first kappa shape index (κ1) is 54.2. The number of hydrogen-bond donors (Lipinski definition) is 5. The highest BCUT2D eigenvalue weighted by Crippen LogP contribution is 2.43. The van der Waals surface area contributed by atoms with Gasteiger partial charge in [-0.2, -0.15) is 0 Å². The maximum Gasteiger partial charge on any atom is 0.472 e. The highest BCUT2D eigenvalue weighted by molar-refractivity contribution is 7.47. The number of aliphatic hydroxyl groups is 2. The fourth-order valence-corrected chi connectivity index (χ4v) is 7.88. The van der Waals surface area contributed by atoms with Gasteiger partial charge in [0.1, 0.15) is 0 Å². The van der Waals surface area contributed by atoms with Gasteiger partial charge in [-0.05, 0) is 38.5 Å². The van der Waals surface area contributed by atoms with Gasteiger partial charge in [0.05, 0.1) is 37.9 Å². The van der Waals surface area contributed by atoms with Gasteiger partial charge in [-0.25, -0.2) is 4.57 Å². The van der Waals surface area contributed by atoms with Crippen molar-refractivity contribution in [3.05, 3.63) is 12.2 Å².